The molecule has 2 fully saturated rings. The van der Waals surface area contributed by atoms with Crippen LogP contribution in [0.1, 0.15) is 44.9 Å². The lowest BCUT2D eigenvalue weighted by atomic mass is 9.95. The Kier molecular flexibility index (Phi) is 3.83. The molecule has 0 radical (unpaired) electrons. The van der Waals surface area contributed by atoms with E-state index in [9.17, 15) is 5.11 Å². The molecule has 0 heterocycles. The largest absolute Gasteiger partial charge is 0.396 e. The maximum Gasteiger partial charge on any atom is 0.0672 e. The SMILES string of the molecule is N#CC1CCCCCC1NCC1(CO)CC1. The second kappa shape index (κ2) is 5.16. The van der Waals surface area contributed by atoms with Gasteiger partial charge in [0.15, 0.2) is 0 Å². The van der Waals surface area contributed by atoms with E-state index in [0.29, 0.717) is 12.6 Å². The number of aliphatic hydroxyl groups is 1. The summed E-state index contributed by atoms with van der Waals surface area (Å²) >= 11 is 0. The highest BCUT2D eigenvalue weighted by Gasteiger charge is 2.42. The number of aliphatic hydroxyl groups excluding tert-OH is 1. The fourth-order valence-electron chi connectivity index (χ4n) is 2.62. The highest BCUT2D eigenvalue weighted by atomic mass is 16.3. The summed E-state index contributed by atoms with van der Waals surface area (Å²) in [6.07, 6.45) is 8.14. The van der Waals surface area contributed by atoms with Gasteiger partial charge in [-0.2, -0.15) is 5.26 Å². The first-order chi connectivity index (χ1) is 7.79. The molecule has 2 aliphatic carbocycles. The Morgan fingerprint density at radius 1 is 1.25 bits per heavy atom. The van der Waals surface area contributed by atoms with Crippen LogP contribution < -0.4 is 5.32 Å². The molecule has 3 heteroatoms. The fourth-order valence-corrected chi connectivity index (χ4v) is 2.62. The molecule has 0 aromatic carbocycles. The minimum Gasteiger partial charge on any atom is -0.396 e. The van der Waals surface area contributed by atoms with E-state index in [4.69, 9.17) is 5.26 Å². The lowest BCUT2D eigenvalue weighted by Gasteiger charge is -2.23. The molecule has 0 bridgehead atoms. The van der Waals surface area contributed by atoms with Gasteiger partial charge in [0.2, 0.25) is 0 Å². The third-order valence-electron chi connectivity index (χ3n) is 4.21. The summed E-state index contributed by atoms with van der Waals surface area (Å²) in [6, 6.07) is 2.80. The van der Waals surface area contributed by atoms with Crippen LogP contribution in [0.2, 0.25) is 0 Å². The highest BCUT2D eigenvalue weighted by molar-refractivity contribution is 4.98. The smallest absolute Gasteiger partial charge is 0.0672 e. The molecule has 2 aliphatic rings. The summed E-state index contributed by atoms with van der Waals surface area (Å²) in [5, 5.41) is 21.9. The van der Waals surface area contributed by atoms with Crippen LogP contribution in [-0.2, 0) is 0 Å². The van der Waals surface area contributed by atoms with Gasteiger partial charge in [-0.15, -0.1) is 0 Å². The molecule has 2 rings (SSSR count). The molecule has 0 spiro atoms. The Morgan fingerprint density at radius 3 is 2.62 bits per heavy atom. The average molecular weight is 222 g/mol. The molecule has 3 nitrogen and oxygen atoms in total. The van der Waals surface area contributed by atoms with Crippen molar-refractivity contribution in [2.24, 2.45) is 11.3 Å². The third kappa shape index (κ3) is 2.75. The molecule has 16 heavy (non-hydrogen) atoms. The number of nitriles is 1. The zero-order valence-corrected chi connectivity index (χ0v) is 9.91. The van der Waals surface area contributed by atoms with Crippen LogP contribution in [0.15, 0.2) is 0 Å². The minimum atomic E-state index is 0.159. The number of nitrogens with zero attached hydrogens (tertiary/aromatic N) is 1. The van der Waals surface area contributed by atoms with E-state index in [-0.39, 0.29) is 11.3 Å². The zero-order valence-electron chi connectivity index (χ0n) is 9.91. The van der Waals surface area contributed by atoms with E-state index >= 15 is 0 Å². The van der Waals surface area contributed by atoms with E-state index in [2.05, 4.69) is 11.4 Å². The molecule has 0 aliphatic heterocycles. The summed E-state index contributed by atoms with van der Waals surface area (Å²) < 4.78 is 0. The second-order valence-corrected chi connectivity index (χ2v) is 5.52. The Labute approximate surface area is 97.8 Å². The first kappa shape index (κ1) is 11.9. The van der Waals surface area contributed by atoms with E-state index in [1.54, 1.807) is 0 Å². The Hall–Kier alpha value is -0.590. The van der Waals surface area contributed by atoms with Crippen molar-refractivity contribution >= 4 is 0 Å². The van der Waals surface area contributed by atoms with Crippen LogP contribution in [-0.4, -0.2) is 24.3 Å². The van der Waals surface area contributed by atoms with E-state index in [1.165, 1.54) is 19.3 Å². The van der Waals surface area contributed by atoms with E-state index < -0.39 is 0 Å². The maximum absolute atomic E-state index is 9.26. The molecule has 0 amide bonds. The predicted octanol–water partition coefficient (Wildman–Crippen LogP) is 1.82. The quantitative estimate of drug-likeness (QED) is 0.713. The highest BCUT2D eigenvalue weighted by Crippen LogP contribution is 2.44. The molecular weight excluding hydrogens is 200 g/mol. The van der Waals surface area contributed by atoms with Crippen LogP contribution in [0.5, 0.6) is 0 Å². The minimum absolute atomic E-state index is 0.159. The molecule has 90 valence electrons. The molecule has 2 unspecified atom stereocenters. The van der Waals surface area contributed by atoms with Crippen LogP contribution >= 0.6 is 0 Å². The summed E-state index contributed by atoms with van der Waals surface area (Å²) in [6.45, 7) is 1.19. The monoisotopic (exact) mass is 222 g/mol. The van der Waals surface area contributed by atoms with Gasteiger partial charge in [0.25, 0.3) is 0 Å². The molecule has 0 aromatic heterocycles. The van der Waals surface area contributed by atoms with E-state index in [0.717, 1.165) is 32.2 Å². The normalized spacial score (nSPS) is 32.8. The van der Waals surface area contributed by atoms with Crippen molar-refractivity contribution in [2.75, 3.05) is 13.2 Å². The van der Waals surface area contributed by atoms with Crippen molar-refractivity contribution in [3.63, 3.8) is 0 Å². The molecular formula is C13H22N2O. The summed E-state index contributed by atoms with van der Waals surface area (Å²) in [7, 11) is 0. The van der Waals surface area contributed by atoms with Gasteiger partial charge in [-0.25, -0.2) is 0 Å². The van der Waals surface area contributed by atoms with E-state index in [1.807, 2.05) is 0 Å². The maximum atomic E-state index is 9.26. The van der Waals surface area contributed by atoms with Crippen molar-refractivity contribution in [2.45, 2.75) is 51.0 Å². The van der Waals surface area contributed by atoms with Crippen LogP contribution in [0.25, 0.3) is 0 Å². The second-order valence-electron chi connectivity index (χ2n) is 5.52. The van der Waals surface area contributed by atoms with Crippen LogP contribution in [0.4, 0.5) is 0 Å². The lowest BCUT2D eigenvalue weighted by molar-refractivity contribution is 0.199. The van der Waals surface area contributed by atoms with Gasteiger partial charge < -0.3 is 10.4 Å². The van der Waals surface area contributed by atoms with Gasteiger partial charge in [0, 0.05) is 24.6 Å². The predicted molar refractivity (Wildman–Crippen MR) is 62.7 cm³/mol. The van der Waals surface area contributed by atoms with Crippen molar-refractivity contribution in [1.82, 2.24) is 5.32 Å². The number of nitrogens with one attached hydrogen (secondary N) is 1. The van der Waals surface area contributed by atoms with Crippen molar-refractivity contribution in [3.05, 3.63) is 0 Å². The third-order valence-corrected chi connectivity index (χ3v) is 4.21. The lowest BCUT2D eigenvalue weighted by Crippen LogP contribution is -2.39. The van der Waals surface area contributed by atoms with Crippen LogP contribution in [0, 0.1) is 22.7 Å². The summed E-state index contributed by atoms with van der Waals surface area (Å²) in [5.74, 6) is 0.178. The molecule has 2 N–H and O–H groups in total. The van der Waals surface area contributed by atoms with Gasteiger partial charge in [-0.05, 0) is 25.7 Å². The topological polar surface area (TPSA) is 56.0 Å². The van der Waals surface area contributed by atoms with Gasteiger partial charge in [-0.3, -0.25) is 0 Å². The molecule has 0 aromatic rings. The number of hydrogen-bond donors (Lipinski definition) is 2. The van der Waals surface area contributed by atoms with Gasteiger partial charge >= 0.3 is 0 Å². The summed E-state index contributed by atoms with van der Waals surface area (Å²) in [4.78, 5) is 0. The molecule has 2 saturated carbocycles. The van der Waals surface area contributed by atoms with Gasteiger partial charge in [0.1, 0.15) is 0 Å². The first-order valence-corrected chi connectivity index (χ1v) is 6.53. The first-order valence-electron chi connectivity index (χ1n) is 6.53. The Bertz CT molecular complexity index is 268. The van der Waals surface area contributed by atoms with Crippen molar-refractivity contribution in [3.8, 4) is 6.07 Å². The van der Waals surface area contributed by atoms with Crippen molar-refractivity contribution < 1.29 is 5.11 Å². The fraction of sp³-hybridized carbons (Fsp3) is 0.923. The summed E-state index contributed by atoms with van der Waals surface area (Å²) in [5.41, 5.74) is 0.159. The number of rotatable bonds is 4. The number of hydrogen-bond acceptors (Lipinski definition) is 3. The standard InChI is InChI=1S/C13H22N2O/c14-8-11-4-2-1-3-5-12(11)15-9-13(10-16)6-7-13/h11-12,15-16H,1-7,9-10H2. The zero-order chi connectivity index (χ0) is 11.4. The Morgan fingerprint density at radius 2 is 2.00 bits per heavy atom. The van der Waals surface area contributed by atoms with Gasteiger partial charge in [0.05, 0.1) is 12.0 Å². The average Bonchev–Trinajstić information content (AvgIpc) is 3.11. The van der Waals surface area contributed by atoms with Crippen LogP contribution in [0.3, 0.4) is 0 Å². The van der Waals surface area contributed by atoms with Gasteiger partial charge in [-0.1, -0.05) is 19.3 Å². The van der Waals surface area contributed by atoms with Crippen molar-refractivity contribution in [1.29, 1.82) is 5.26 Å². The molecule has 2 atom stereocenters. The molecule has 0 saturated heterocycles. The Balaban J connectivity index is 1.84.